The maximum atomic E-state index is 6.02. The second-order valence-corrected chi connectivity index (χ2v) is 4.52. The Balaban J connectivity index is 2.13. The summed E-state index contributed by atoms with van der Waals surface area (Å²) in [7, 11) is 0. The van der Waals surface area contributed by atoms with Crippen LogP contribution in [0.4, 0.5) is 5.69 Å². The van der Waals surface area contributed by atoms with Crippen LogP contribution in [0.25, 0.3) is 0 Å². The first-order valence-electron chi connectivity index (χ1n) is 4.28. The van der Waals surface area contributed by atoms with E-state index < -0.39 is 0 Å². The van der Waals surface area contributed by atoms with Crippen molar-refractivity contribution < 1.29 is 0 Å². The highest BCUT2D eigenvalue weighted by Crippen LogP contribution is 2.32. The first-order chi connectivity index (χ1) is 5.88. The minimum atomic E-state index is 0.886. The first-order valence-corrected chi connectivity index (χ1v) is 5.48. The molecular weight excluding hydrogens is 190 g/mol. The Morgan fingerprint density at radius 3 is 2.67 bits per heavy atom. The van der Waals surface area contributed by atoms with Crippen LogP contribution >= 0.6 is 22.9 Å². The van der Waals surface area contributed by atoms with Crippen molar-refractivity contribution in [1.29, 1.82) is 0 Å². The molecule has 1 saturated heterocycles. The van der Waals surface area contributed by atoms with Crippen LogP contribution in [-0.4, -0.2) is 13.1 Å². The van der Waals surface area contributed by atoms with E-state index in [1.807, 2.05) is 6.07 Å². The van der Waals surface area contributed by atoms with Crippen molar-refractivity contribution in [3.63, 3.8) is 0 Å². The number of halogens is 1. The summed E-state index contributed by atoms with van der Waals surface area (Å²) in [6, 6.07) is 2.00. The number of piperidine rings is 1. The van der Waals surface area contributed by atoms with Crippen molar-refractivity contribution in [3.05, 3.63) is 15.8 Å². The molecule has 1 aromatic heterocycles. The van der Waals surface area contributed by atoms with E-state index in [0.717, 1.165) is 17.4 Å². The van der Waals surface area contributed by atoms with Crippen LogP contribution in [0.1, 0.15) is 19.3 Å². The summed E-state index contributed by atoms with van der Waals surface area (Å²) in [5.41, 5.74) is 1.18. The van der Waals surface area contributed by atoms with Crippen LogP contribution in [0.5, 0.6) is 0 Å². The molecule has 1 aliphatic rings. The number of rotatable bonds is 1. The van der Waals surface area contributed by atoms with E-state index in [1.54, 1.807) is 0 Å². The lowest BCUT2D eigenvalue weighted by Gasteiger charge is -2.27. The highest BCUT2D eigenvalue weighted by atomic mass is 35.5. The number of hydrogen-bond acceptors (Lipinski definition) is 2. The van der Waals surface area contributed by atoms with Gasteiger partial charge in [-0.25, -0.2) is 0 Å². The third-order valence-electron chi connectivity index (χ3n) is 2.24. The standard InChI is InChI=1S/C9H11ClNS/c10-9-8(4-7-12-9)11-5-2-1-3-6-11/h4H,1-3,5-6H2. The lowest BCUT2D eigenvalue weighted by Crippen LogP contribution is -2.29. The molecule has 0 N–H and O–H groups in total. The van der Waals surface area contributed by atoms with Gasteiger partial charge in [0.1, 0.15) is 4.34 Å². The largest absolute Gasteiger partial charge is 0.370 e. The lowest BCUT2D eigenvalue weighted by molar-refractivity contribution is 0.578. The average molecular weight is 201 g/mol. The van der Waals surface area contributed by atoms with Gasteiger partial charge in [0, 0.05) is 18.5 Å². The molecule has 2 rings (SSSR count). The van der Waals surface area contributed by atoms with E-state index in [2.05, 4.69) is 10.3 Å². The Kier molecular flexibility index (Phi) is 2.57. The molecule has 1 radical (unpaired) electrons. The average Bonchev–Trinajstić information content (AvgIpc) is 2.53. The zero-order valence-electron chi connectivity index (χ0n) is 6.85. The Morgan fingerprint density at radius 1 is 1.33 bits per heavy atom. The van der Waals surface area contributed by atoms with Gasteiger partial charge >= 0.3 is 0 Å². The Bertz CT molecular complexity index is 253. The van der Waals surface area contributed by atoms with Crippen LogP contribution in [0.15, 0.2) is 6.07 Å². The van der Waals surface area contributed by atoms with Gasteiger partial charge in [0.15, 0.2) is 0 Å². The third-order valence-corrected chi connectivity index (χ3v) is 3.29. The molecule has 2 heterocycles. The van der Waals surface area contributed by atoms with E-state index >= 15 is 0 Å². The molecule has 65 valence electrons. The number of anilines is 1. The van der Waals surface area contributed by atoms with Gasteiger partial charge in [0.2, 0.25) is 0 Å². The van der Waals surface area contributed by atoms with Crippen molar-refractivity contribution in [2.24, 2.45) is 0 Å². The smallest absolute Gasteiger partial charge is 0.117 e. The van der Waals surface area contributed by atoms with E-state index in [1.165, 1.54) is 36.3 Å². The van der Waals surface area contributed by atoms with Gasteiger partial charge in [-0.2, -0.15) is 0 Å². The summed E-state index contributed by atoms with van der Waals surface area (Å²) < 4.78 is 0.886. The fourth-order valence-corrected chi connectivity index (χ4v) is 2.47. The SMILES string of the molecule is Clc1s[c]cc1N1CCCCC1. The Labute approximate surface area is 82.0 Å². The third kappa shape index (κ3) is 1.59. The lowest BCUT2D eigenvalue weighted by atomic mass is 10.1. The number of thiophene rings is 1. The fourth-order valence-electron chi connectivity index (χ4n) is 1.60. The van der Waals surface area contributed by atoms with Crippen molar-refractivity contribution in [1.82, 2.24) is 0 Å². The quantitative estimate of drug-likeness (QED) is 0.673. The minimum absolute atomic E-state index is 0.886. The van der Waals surface area contributed by atoms with Gasteiger partial charge in [-0.3, -0.25) is 0 Å². The summed E-state index contributed by atoms with van der Waals surface area (Å²) in [6.45, 7) is 2.31. The van der Waals surface area contributed by atoms with E-state index in [4.69, 9.17) is 11.6 Å². The van der Waals surface area contributed by atoms with Crippen molar-refractivity contribution >= 4 is 28.6 Å². The van der Waals surface area contributed by atoms with Gasteiger partial charge in [0.25, 0.3) is 0 Å². The predicted molar refractivity (Wildman–Crippen MR) is 54.2 cm³/mol. The molecule has 1 fully saturated rings. The second kappa shape index (κ2) is 3.67. The molecule has 0 aromatic carbocycles. The van der Waals surface area contributed by atoms with Gasteiger partial charge in [-0.1, -0.05) is 11.6 Å². The normalized spacial score (nSPS) is 18.2. The van der Waals surface area contributed by atoms with Crippen LogP contribution in [0.2, 0.25) is 4.34 Å². The molecule has 12 heavy (non-hydrogen) atoms. The van der Waals surface area contributed by atoms with E-state index in [9.17, 15) is 0 Å². The molecule has 0 aliphatic carbocycles. The second-order valence-electron chi connectivity index (χ2n) is 3.07. The molecular formula is C9H11ClNS. The highest BCUT2D eigenvalue weighted by Gasteiger charge is 2.13. The maximum Gasteiger partial charge on any atom is 0.117 e. The number of hydrogen-bond donors (Lipinski definition) is 0. The first kappa shape index (κ1) is 8.39. The zero-order chi connectivity index (χ0) is 8.39. The molecule has 0 saturated carbocycles. The molecule has 3 heteroatoms. The number of nitrogens with zero attached hydrogens (tertiary/aromatic N) is 1. The van der Waals surface area contributed by atoms with E-state index in [-0.39, 0.29) is 0 Å². The van der Waals surface area contributed by atoms with Gasteiger partial charge in [-0.15, -0.1) is 11.3 Å². The molecule has 0 bridgehead atoms. The molecule has 1 aromatic rings. The molecule has 1 nitrogen and oxygen atoms in total. The summed E-state index contributed by atoms with van der Waals surface area (Å²) in [5.74, 6) is 0. The van der Waals surface area contributed by atoms with Gasteiger partial charge in [-0.05, 0) is 25.3 Å². The summed E-state index contributed by atoms with van der Waals surface area (Å²) in [4.78, 5) is 2.36. The van der Waals surface area contributed by atoms with Crippen molar-refractivity contribution in [2.75, 3.05) is 18.0 Å². The van der Waals surface area contributed by atoms with Crippen molar-refractivity contribution in [3.8, 4) is 0 Å². The van der Waals surface area contributed by atoms with Gasteiger partial charge < -0.3 is 4.90 Å². The predicted octanol–water partition coefficient (Wildman–Crippen LogP) is 3.19. The summed E-state index contributed by atoms with van der Waals surface area (Å²) >= 11 is 7.52. The fraction of sp³-hybridized carbons (Fsp3) is 0.556. The summed E-state index contributed by atoms with van der Waals surface area (Å²) in [5, 5.41) is 3.06. The van der Waals surface area contributed by atoms with Crippen LogP contribution in [-0.2, 0) is 0 Å². The van der Waals surface area contributed by atoms with Crippen LogP contribution in [0, 0.1) is 5.38 Å². The molecule has 0 spiro atoms. The summed E-state index contributed by atoms with van der Waals surface area (Å²) in [6.07, 6.45) is 3.96. The van der Waals surface area contributed by atoms with E-state index in [0.29, 0.717) is 0 Å². The van der Waals surface area contributed by atoms with Crippen LogP contribution in [0.3, 0.4) is 0 Å². The monoisotopic (exact) mass is 200 g/mol. The van der Waals surface area contributed by atoms with Gasteiger partial charge in [0.05, 0.1) is 5.69 Å². The Morgan fingerprint density at radius 2 is 2.08 bits per heavy atom. The molecule has 1 aliphatic heterocycles. The molecule has 0 amide bonds. The minimum Gasteiger partial charge on any atom is -0.370 e. The highest BCUT2D eigenvalue weighted by molar-refractivity contribution is 7.14. The molecule has 0 unspecified atom stereocenters. The molecule has 0 atom stereocenters. The van der Waals surface area contributed by atoms with Crippen molar-refractivity contribution in [2.45, 2.75) is 19.3 Å². The Hall–Kier alpha value is -0.210. The maximum absolute atomic E-state index is 6.02. The topological polar surface area (TPSA) is 3.24 Å². The van der Waals surface area contributed by atoms with Crippen LogP contribution < -0.4 is 4.90 Å². The zero-order valence-corrected chi connectivity index (χ0v) is 8.42.